The largest absolute Gasteiger partial charge is 0.476 e. The van der Waals surface area contributed by atoms with Crippen molar-refractivity contribution in [3.8, 4) is 0 Å². The minimum absolute atomic E-state index is 0.0402. The summed E-state index contributed by atoms with van der Waals surface area (Å²) in [5.74, 6) is -0.691. The number of hydrogen-bond donors (Lipinski definition) is 2. The molecule has 1 aliphatic heterocycles. The molecule has 1 aromatic heterocycles. The van der Waals surface area contributed by atoms with Gasteiger partial charge >= 0.3 is 5.97 Å². The Morgan fingerprint density at radius 3 is 2.95 bits per heavy atom. The molecule has 0 amide bonds. The van der Waals surface area contributed by atoms with Gasteiger partial charge in [-0.15, -0.1) is 0 Å². The first kappa shape index (κ1) is 16.9. The Hall–Kier alpha value is -1.45. The molecule has 1 fully saturated rings. The van der Waals surface area contributed by atoms with Crippen LogP contribution in [0.2, 0.25) is 0 Å². The number of hydrogen-bond acceptors (Lipinski definition) is 5. The third kappa shape index (κ3) is 4.79. The van der Waals surface area contributed by atoms with Crippen LogP contribution in [-0.4, -0.2) is 54.8 Å². The molecule has 1 aromatic rings. The quantitative estimate of drug-likeness (QED) is 0.706. The van der Waals surface area contributed by atoms with Crippen LogP contribution in [0.15, 0.2) is 6.07 Å². The van der Waals surface area contributed by atoms with E-state index in [0.717, 1.165) is 6.42 Å². The van der Waals surface area contributed by atoms with Gasteiger partial charge in [-0.25, -0.2) is 17.9 Å². The molecule has 0 bridgehead atoms. The standard InChI is InChI=1S/C13H21N3O5S/c1-10-8-12(13(17)18)15-16(10)5-4-14-22(19,20)7-3-11-2-6-21-9-11/h8,11,14H,2-7,9H2,1H3,(H,17,18). The third-order valence-corrected chi connectivity index (χ3v) is 5.08. The lowest BCUT2D eigenvalue weighted by molar-refractivity contribution is 0.0689. The van der Waals surface area contributed by atoms with Crippen LogP contribution in [0.25, 0.3) is 0 Å². The number of carbonyl (C=O) groups is 1. The van der Waals surface area contributed by atoms with Gasteiger partial charge in [0, 0.05) is 25.5 Å². The summed E-state index contributed by atoms with van der Waals surface area (Å²) in [6, 6.07) is 1.46. The molecule has 1 atom stereocenters. The molecular formula is C13H21N3O5S. The third-order valence-electron chi connectivity index (χ3n) is 3.66. The summed E-state index contributed by atoms with van der Waals surface area (Å²) in [7, 11) is -3.32. The molecular weight excluding hydrogens is 310 g/mol. The zero-order valence-corrected chi connectivity index (χ0v) is 13.3. The van der Waals surface area contributed by atoms with E-state index < -0.39 is 16.0 Å². The number of carboxylic acid groups (broad SMARTS) is 1. The number of aromatic nitrogens is 2. The first-order valence-corrected chi connectivity index (χ1v) is 8.85. The Kier molecular flexibility index (Phi) is 5.54. The number of ether oxygens (including phenoxy) is 1. The van der Waals surface area contributed by atoms with Crippen molar-refractivity contribution in [1.82, 2.24) is 14.5 Å². The maximum Gasteiger partial charge on any atom is 0.356 e. The van der Waals surface area contributed by atoms with Crippen molar-refractivity contribution < 1.29 is 23.1 Å². The molecule has 1 unspecified atom stereocenters. The zero-order valence-electron chi connectivity index (χ0n) is 12.5. The monoisotopic (exact) mass is 331 g/mol. The summed E-state index contributed by atoms with van der Waals surface area (Å²) in [5, 5.41) is 12.8. The van der Waals surface area contributed by atoms with E-state index >= 15 is 0 Å². The molecule has 9 heteroatoms. The summed E-state index contributed by atoms with van der Waals surface area (Å²) in [6.45, 7) is 3.56. The van der Waals surface area contributed by atoms with Crippen molar-refractivity contribution in [2.75, 3.05) is 25.5 Å². The summed E-state index contributed by atoms with van der Waals surface area (Å²) < 4.78 is 33.0. The van der Waals surface area contributed by atoms with Crippen LogP contribution < -0.4 is 4.72 Å². The van der Waals surface area contributed by atoms with Crippen molar-refractivity contribution in [2.45, 2.75) is 26.3 Å². The van der Waals surface area contributed by atoms with E-state index in [-0.39, 0.29) is 18.0 Å². The Morgan fingerprint density at radius 1 is 1.59 bits per heavy atom. The van der Waals surface area contributed by atoms with E-state index in [1.54, 1.807) is 6.92 Å². The first-order valence-electron chi connectivity index (χ1n) is 7.20. The number of rotatable bonds is 8. The van der Waals surface area contributed by atoms with E-state index in [0.29, 0.717) is 37.8 Å². The van der Waals surface area contributed by atoms with Crippen LogP contribution in [0, 0.1) is 12.8 Å². The summed E-state index contributed by atoms with van der Waals surface area (Å²) in [4.78, 5) is 10.8. The van der Waals surface area contributed by atoms with Crippen LogP contribution in [-0.2, 0) is 21.3 Å². The van der Waals surface area contributed by atoms with Gasteiger partial charge in [0.2, 0.25) is 10.0 Å². The predicted molar refractivity (Wildman–Crippen MR) is 79.3 cm³/mol. The lowest BCUT2D eigenvalue weighted by atomic mass is 10.1. The van der Waals surface area contributed by atoms with Gasteiger partial charge in [0.05, 0.1) is 12.3 Å². The molecule has 2 rings (SSSR count). The van der Waals surface area contributed by atoms with E-state index in [4.69, 9.17) is 9.84 Å². The van der Waals surface area contributed by atoms with Gasteiger partial charge in [-0.1, -0.05) is 0 Å². The van der Waals surface area contributed by atoms with Gasteiger partial charge < -0.3 is 9.84 Å². The molecule has 2 N–H and O–H groups in total. The molecule has 0 aromatic carbocycles. The highest BCUT2D eigenvalue weighted by Gasteiger charge is 2.19. The second-order valence-corrected chi connectivity index (χ2v) is 7.36. The fourth-order valence-electron chi connectivity index (χ4n) is 2.35. The normalized spacial score (nSPS) is 18.7. The summed E-state index contributed by atoms with van der Waals surface area (Å²) in [5.41, 5.74) is 0.640. The Labute approximate surface area is 129 Å². The fraction of sp³-hybridized carbons (Fsp3) is 0.692. The van der Waals surface area contributed by atoms with Crippen molar-refractivity contribution in [3.63, 3.8) is 0 Å². The van der Waals surface area contributed by atoms with E-state index in [1.165, 1.54) is 10.7 Å². The SMILES string of the molecule is Cc1cc(C(=O)O)nn1CCNS(=O)(=O)CCC1CCOC1. The topological polar surface area (TPSA) is 111 Å². The molecule has 1 aliphatic rings. The second kappa shape index (κ2) is 7.21. The second-order valence-electron chi connectivity index (χ2n) is 5.43. The molecule has 0 spiro atoms. The Bertz CT molecular complexity index is 620. The zero-order chi connectivity index (χ0) is 16.2. The number of sulfonamides is 1. The fourth-order valence-corrected chi connectivity index (χ4v) is 3.54. The molecule has 1 saturated heterocycles. The molecule has 0 saturated carbocycles. The minimum Gasteiger partial charge on any atom is -0.476 e. The molecule has 22 heavy (non-hydrogen) atoms. The van der Waals surface area contributed by atoms with Gasteiger partial charge in [0.25, 0.3) is 0 Å². The highest BCUT2D eigenvalue weighted by atomic mass is 32.2. The van der Waals surface area contributed by atoms with Crippen molar-refractivity contribution >= 4 is 16.0 Å². The minimum atomic E-state index is -3.32. The van der Waals surface area contributed by atoms with Gasteiger partial charge in [0.1, 0.15) is 0 Å². The number of nitrogens with zero attached hydrogens (tertiary/aromatic N) is 2. The molecule has 0 aliphatic carbocycles. The van der Waals surface area contributed by atoms with Crippen molar-refractivity contribution in [3.05, 3.63) is 17.5 Å². The highest BCUT2D eigenvalue weighted by Crippen LogP contribution is 2.16. The lowest BCUT2D eigenvalue weighted by Crippen LogP contribution is -2.30. The number of aromatic carboxylic acids is 1. The molecule has 8 nitrogen and oxygen atoms in total. The molecule has 2 heterocycles. The molecule has 0 radical (unpaired) electrons. The first-order chi connectivity index (χ1) is 10.4. The van der Waals surface area contributed by atoms with Crippen molar-refractivity contribution in [1.29, 1.82) is 0 Å². The van der Waals surface area contributed by atoms with Gasteiger partial charge in [-0.2, -0.15) is 5.10 Å². The number of carboxylic acids is 1. The summed E-state index contributed by atoms with van der Waals surface area (Å²) >= 11 is 0. The van der Waals surface area contributed by atoms with Crippen LogP contribution >= 0.6 is 0 Å². The predicted octanol–water partition coefficient (Wildman–Crippen LogP) is 0.236. The smallest absolute Gasteiger partial charge is 0.356 e. The van der Waals surface area contributed by atoms with Crippen LogP contribution in [0.1, 0.15) is 29.0 Å². The average Bonchev–Trinajstić information content (AvgIpc) is 3.07. The molecule has 124 valence electrons. The Morgan fingerprint density at radius 2 is 2.36 bits per heavy atom. The van der Waals surface area contributed by atoms with Gasteiger partial charge in [-0.3, -0.25) is 4.68 Å². The van der Waals surface area contributed by atoms with Crippen LogP contribution in [0.3, 0.4) is 0 Å². The lowest BCUT2D eigenvalue weighted by Gasteiger charge is -2.10. The van der Waals surface area contributed by atoms with Crippen LogP contribution in [0.5, 0.6) is 0 Å². The van der Waals surface area contributed by atoms with E-state index in [1.807, 2.05) is 0 Å². The maximum atomic E-state index is 11.9. The Balaban J connectivity index is 1.78. The van der Waals surface area contributed by atoms with E-state index in [2.05, 4.69) is 9.82 Å². The van der Waals surface area contributed by atoms with Gasteiger partial charge in [-0.05, 0) is 31.7 Å². The number of aryl methyl sites for hydroxylation is 1. The van der Waals surface area contributed by atoms with Crippen molar-refractivity contribution in [2.24, 2.45) is 5.92 Å². The highest BCUT2D eigenvalue weighted by molar-refractivity contribution is 7.89. The van der Waals surface area contributed by atoms with E-state index in [9.17, 15) is 13.2 Å². The number of nitrogens with one attached hydrogen (secondary N) is 1. The average molecular weight is 331 g/mol. The van der Waals surface area contributed by atoms with Gasteiger partial charge in [0.15, 0.2) is 5.69 Å². The van der Waals surface area contributed by atoms with Crippen LogP contribution in [0.4, 0.5) is 0 Å². The maximum absolute atomic E-state index is 11.9. The summed E-state index contributed by atoms with van der Waals surface area (Å²) in [6.07, 6.45) is 1.51.